The van der Waals surface area contributed by atoms with E-state index in [-0.39, 0.29) is 11.7 Å². The number of hydrogen-bond acceptors (Lipinski definition) is 6. The van der Waals surface area contributed by atoms with Gasteiger partial charge in [0.15, 0.2) is 17.3 Å². The Balaban J connectivity index is 1.65. The molecule has 7 nitrogen and oxygen atoms in total. The molecular formula is C24H27FN2O5. The first kappa shape index (κ1) is 23.1. The number of ether oxygens (including phenoxy) is 3. The lowest BCUT2D eigenvalue weighted by molar-refractivity contribution is -0.126. The lowest BCUT2D eigenvalue weighted by atomic mass is 10.1. The van der Waals surface area contributed by atoms with Gasteiger partial charge in [0.1, 0.15) is 5.82 Å². The topological polar surface area (TPSA) is 68.3 Å². The zero-order chi connectivity index (χ0) is 23.3. The molecule has 0 aliphatic carbocycles. The summed E-state index contributed by atoms with van der Waals surface area (Å²) < 4.78 is 30.4. The average molecular weight is 442 g/mol. The van der Waals surface area contributed by atoms with Crippen molar-refractivity contribution in [2.75, 3.05) is 52.4 Å². The normalized spacial score (nSPS) is 13.9. The van der Waals surface area contributed by atoms with E-state index in [0.717, 1.165) is 5.56 Å². The summed E-state index contributed by atoms with van der Waals surface area (Å²) in [4.78, 5) is 27.7. The summed E-state index contributed by atoms with van der Waals surface area (Å²) in [5.41, 5.74) is 1.52. The molecule has 3 rings (SSSR count). The highest BCUT2D eigenvalue weighted by Crippen LogP contribution is 2.38. The number of halogens is 1. The minimum Gasteiger partial charge on any atom is -0.493 e. The number of nitrogens with zero attached hydrogens (tertiary/aromatic N) is 2. The van der Waals surface area contributed by atoms with Crippen molar-refractivity contribution in [2.45, 2.75) is 6.92 Å². The van der Waals surface area contributed by atoms with Gasteiger partial charge >= 0.3 is 0 Å². The van der Waals surface area contributed by atoms with Crippen LogP contribution in [0.4, 0.5) is 10.1 Å². The van der Waals surface area contributed by atoms with Crippen molar-refractivity contribution < 1.29 is 28.2 Å². The summed E-state index contributed by atoms with van der Waals surface area (Å²) in [5.74, 6) is 0.754. The summed E-state index contributed by atoms with van der Waals surface area (Å²) in [5, 5.41) is 0. The second-order valence-corrected chi connectivity index (χ2v) is 7.33. The fourth-order valence-corrected chi connectivity index (χ4v) is 3.62. The van der Waals surface area contributed by atoms with Crippen LogP contribution >= 0.6 is 0 Å². The van der Waals surface area contributed by atoms with Gasteiger partial charge in [0.2, 0.25) is 11.7 Å². The quantitative estimate of drug-likeness (QED) is 0.484. The van der Waals surface area contributed by atoms with Gasteiger partial charge < -0.3 is 24.0 Å². The summed E-state index contributed by atoms with van der Waals surface area (Å²) in [7, 11) is 4.60. The largest absolute Gasteiger partial charge is 0.493 e. The van der Waals surface area contributed by atoms with Crippen LogP contribution in [-0.2, 0) is 4.79 Å². The van der Waals surface area contributed by atoms with Gasteiger partial charge in [-0.1, -0.05) is 0 Å². The molecule has 0 aromatic heterocycles. The molecule has 1 fully saturated rings. The number of hydrogen-bond donors (Lipinski definition) is 0. The summed E-state index contributed by atoms with van der Waals surface area (Å²) in [6.07, 6.45) is 3.19. The Labute approximate surface area is 187 Å². The molecule has 32 heavy (non-hydrogen) atoms. The van der Waals surface area contributed by atoms with E-state index in [2.05, 4.69) is 0 Å². The van der Waals surface area contributed by atoms with Crippen LogP contribution in [0.3, 0.4) is 0 Å². The van der Waals surface area contributed by atoms with Crippen LogP contribution in [0, 0.1) is 5.82 Å². The Hall–Kier alpha value is -3.55. The number of ketones is 1. The van der Waals surface area contributed by atoms with Crippen molar-refractivity contribution >= 4 is 23.5 Å². The highest BCUT2D eigenvalue weighted by Gasteiger charge is 2.22. The fraction of sp³-hybridized carbons (Fsp3) is 0.333. The van der Waals surface area contributed by atoms with Crippen LogP contribution in [0.2, 0.25) is 0 Å². The van der Waals surface area contributed by atoms with Crippen LogP contribution < -0.4 is 19.1 Å². The van der Waals surface area contributed by atoms with Gasteiger partial charge in [-0.05, 0) is 48.9 Å². The predicted octanol–water partition coefficient (Wildman–Crippen LogP) is 3.42. The molecule has 1 heterocycles. The summed E-state index contributed by atoms with van der Waals surface area (Å²) >= 11 is 0. The number of carbonyl (C=O) groups excluding carboxylic acids is 2. The third kappa shape index (κ3) is 5.01. The van der Waals surface area contributed by atoms with Crippen molar-refractivity contribution in [1.82, 2.24) is 4.90 Å². The average Bonchev–Trinajstić information content (AvgIpc) is 2.81. The van der Waals surface area contributed by atoms with Gasteiger partial charge in [-0.15, -0.1) is 0 Å². The van der Waals surface area contributed by atoms with Crippen molar-refractivity contribution in [3.8, 4) is 17.2 Å². The predicted molar refractivity (Wildman–Crippen MR) is 120 cm³/mol. The molecule has 2 aromatic rings. The number of piperazine rings is 1. The molecule has 1 saturated heterocycles. The standard InChI is InChI=1S/C24H27FN2O5/c1-16(28)18-6-7-20(19(25)15-18)26-9-11-27(12-10-26)23(29)8-5-17-13-21(30-2)24(32-4)22(14-17)31-3/h5-8,13-15H,9-12H2,1-4H3/b8-5+. The number of benzene rings is 2. The summed E-state index contributed by atoms with van der Waals surface area (Å²) in [6, 6.07) is 8.02. The van der Waals surface area contributed by atoms with Crippen molar-refractivity contribution in [2.24, 2.45) is 0 Å². The lowest BCUT2D eigenvalue weighted by Crippen LogP contribution is -2.48. The lowest BCUT2D eigenvalue weighted by Gasteiger charge is -2.35. The van der Waals surface area contributed by atoms with E-state index in [0.29, 0.717) is 54.7 Å². The minimum absolute atomic E-state index is 0.134. The van der Waals surface area contributed by atoms with Crippen LogP contribution in [0.1, 0.15) is 22.8 Å². The molecular weight excluding hydrogens is 415 g/mol. The molecule has 2 aromatic carbocycles. The monoisotopic (exact) mass is 442 g/mol. The van der Waals surface area contributed by atoms with Crippen molar-refractivity contribution in [1.29, 1.82) is 0 Å². The molecule has 1 aliphatic rings. The smallest absolute Gasteiger partial charge is 0.246 e. The Kier molecular flexibility index (Phi) is 7.35. The number of carbonyl (C=O) groups is 2. The molecule has 170 valence electrons. The number of amides is 1. The maximum absolute atomic E-state index is 14.4. The maximum atomic E-state index is 14.4. The first-order chi connectivity index (χ1) is 15.4. The zero-order valence-corrected chi connectivity index (χ0v) is 18.7. The first-order valence-corrected chi connectivity index (χ1v) is 10.2. The molecule has 0 unspecified atom stereocenters. The van der Waals surface area contributed by atoms with Gasteiger partial charge in [-0.25, -0.2) is 4.39 Å². The Morgan fingerprint density at radius 1 is 0.938 bits per heavy atom. The third-order valence-corrected chi connectivity index (χ3v) is 5.39. The van der Waals surface area contributed by atoms with E-state index in [1.807, 2.05) is 4.90 Å². The Morgan fingerprint density at radius 2 is 1.56 bits per heavy atom. The molecule has 1 amide bonds. The number of anilines is 1. The molecule has 0 spiro atoms. The van der Waals surface area contributed by atoms with Gasteiger partial charge in [-0.3, -0.25) is 9.59 Å². The number of Topliss-reactive ketones (excluding diaryl/α,β-unsaturated/α-hetero) is 1. The van der Waals surface area contributed by atoms with Gasteiger partial charge in [0.05, 0.1) is 27.0 Å². The van der Waals surface area contributed by atoms with Gasteiger partial charge in [0, 0.05) is 37.8 Å². The molecule has 0 bridgehead atoms. The highest BCUT2D eigenvalue weighted by molar-refractivity contribution is 5.94. The fourth-order valence-electron chi connectivity index (χ4n) is 3.62. The van der Waals surface area contributed by atoms with Gasteiger partial charge in [0.25, 0.3) is 0 Å². The number of rotatable bonds is 7. The van der Waals surface area contributed by atoms with Crippen LogP contribution in [0.15, 0.2) is 36.4 Å². The first-order valence-electron chi connectivity index (χ1n) is 10.2. The van der Waals surface area contributed by atoms with Crippen LogP contribution in [-0.4, -0.2) is 64.1 Å². The van der Waals surface area contributed by atoms with Gasteiger partial charge in [-0.2, -0.15) is 0 Å². The molecule has 0 radical (unpaired) electrons. The Morgan fingerprint density at radius 3 is 2.06 bits per heavy atom. The van der Waals surface area contributed by atoms with Crippen LogP contribution in [0.25, 0.3) is 6.08 Å². The van der Waals surface area contributed by atoms with Crippen molar-refractivity contribution in [3.63, 3.8) is 0 Å². The van der Waals surface area contributed by atoms with Crippen molar-refractivity contribution in [3.05, 3.63) is 53.4 Å². The SMILES string of the molecule is COc1cc(/C=C/C(=O)N2CCN(c3ccc(C(C)=O)cc3F)CC2)cc(OC)c1OC. The van der Waals surface area contributed by atoms with E-state index >= 15 is 0 Å². The Bertz CT molecular complexity index is 1000. The van der Waals surface area contributed by atoms with E-state index < -0.39 is 5.82 Å². The van der Waals surface area contributed by atoms with E-state index in [9.17, 15) is 14.0 Å². The molecule has 0 atom stereocenters. The molecule has 1 aliphatic heterocycles. The molecule has 0 N–H and O–H groups in total. The summed E-state index contributed by atoms with van der Waals surface area (Å²) in [6.45, 7) is 3.34. The van der Waals surface area contributed by atoms with E-state index in [1.54, 1.807) is 35.2 Å². The maximum Gasteiger partial charge on any atom is 0.246 e. The minimum atomic E-state index is -0.431. The number of methoxy groups -OCH3 is 3. The second-order valence-electron chi connectivity index (χ2n) is 7.33. The van der Waals surface area contributed by atoms with E-state index in [1.165, 1.54) is 40.4 Å². The second kappa shape index (κ2) is 10.2. The third-order valence-electron chi connectivity index (χ3n) is 5.39. The van der Waals surface area contributed by atoms with Crippen LogP contribution in [0.5, 0.6) is 17.2 Å². The molecule has 8 heteroatoms. The highest BCUT2D eigenvalue weighted by atomic mass is 19.1. The van der Waals surface area contributed by atoms with E-state index in [4.69, 9.17) is 14.2 Å². The zero-order valence-electron chi connectivity index (χ0n) is 18.7. The molecule has 0 saturated carbocycles.